The van der Waals surface area contributed by atoms with Crippen molar-refractivity contribution in [1.29, 1.82) is 0 Å². The molecule has 25 heavy (non-hydrogen) atoms. The third kappa shape index (κ3) is 5.19. The van der Waals surface area contributed by atoms with Crippen molar-refractivity contribution in [3.63, 3.8) is 0 Å². The Labute approximate surface area is 147 Å². The Morgan fingerprint density at radius 2 is 1.96 bits per heavy atom. The summed E-state index contributed by atoms with van der Waals surface area (Å²) in [5.41, 5.74) is 7.64. The molecule has 1 unspecified atom stereocenters. The number of carbonyl (C=O) groups excluding carboxylic acids is 2. The highest BCUT2D eigenvalue weighted by atomic mass is 16.3. The van der Waals surface area contributed by atoms with E-state index >= 15 is 0 Å². The van der Waals surface area contributed by atoms with Crippen LogP contribution in [0.4, 0.5) is 5.69 Å². The maximum atomic E-state index is 12.5. The molecule has 0 spiro atoms. The molecule has 0 aliphatic heterocycles. The lowest BCUT2D eigenvalue weighted by Gasteiger charge is -2.19. The molecule has 2 amide bonds. The molecule has 0 aliphatic rings. The first-order valence-electron chi connectivity index (χ1n) is 8.37. The van der Waals surface area contributed by atoms with Crippen molar-refractivity contribution >= 4 is 17.5 Å². The van der Waals surface area contributed by atoms with Crippen molar-refractivity contribution < 1.29 is 14.0 Å². The molecule has 4 N–H and O–H groups in total. The number of carbonyl (C=O) groups is 2. The van der Waals surface area contributed by atoms with Gasteiger partial charge < -0.3 is 20.8 Å². The predicted octanol–water partition coefficient (Wildman–Crippen LogP) is 2.94. The van der Waals surface area contributed by atoms with Crippen molar-refractivity contribution in [1.82, 2.24) is 5.32 Å². The van der Waals surface area contributed by atoms with Gasteiger partial charge in [-0.25, -0.2) is 0 Å². The lowest BCUT2D eigenvalue weighted by Crippen LogP contribution is -2.41. The lowest BCUT2D eigenvalue weighted by atomic mass is 10.0. The van der Waals surface area contributed by atoms with E-state index in [9.17, 15) is 9.59 Å². The molecule has 1 heterocycles. The van der Waals surface area contributed by atoms with Crippen LogP contribution in [-0.4, -0.2) is 24.4 Å². The van der Waals surface area contributed by atoms with E-state index < -0.39 is 0 Å². The fraction of sp³-hybridized carbons (Fsp3) is 0.368. The highest BCUT2D eigenvalue weighted by Crippen LogP contribution is 2.18. The Morgan fingerprint density at radius 3 is 2.56 bits per heavy atom. The van der Waals surface area contributed by atoms with Gasteiger partial charge in [-0.1, -0.05) is 19.9 Å². The summed E-state index contributed by atoms with van der Waals surface area (Å²) in [6.45, 7) is 6.42. The van der Waals surface area contributed by atoms with E-state index in [0.29, 0.717) is 23.7 Å². The van der Waals surface area contributed by atoms with E-state index in [1.807, 2.05) is 6.92 Å². The minimum atomic E-state index is -0.356. The van der Waals surface area contributed by atoms with Crippen molar-refractivity contribution in [3.05, 3.63) is 53.5 Å². The minimum Gasteiger partial charge on any atom is -0.459 e. The second-order valence-electron chi connectivity index (χ2n) is 6.50. The van der Waals surface area contributed by atoms with Crippen LogP contribution in [0.25, 0.3) is 0 Å². The second kappa shape index (κ2) is 8.48. The molecule has 2 aromatic rings. The molecule has 0 fully saturated rings. The molecular weight excluding hydrogens is 318 g/mol. The first kappa shape index (κ1) is 18.7. The van der Waals surface area contributed by atoms with Crippen LogP contribution in [0.2, 0.25) is 0 Å². The summed E-state index contributed by atoms with van der Waals surface area (Å²) in [4.78, 5) is 24.6. The molecule has 1 atom stereocenters. The largest absolute Gasteiger partial charge is 0.459 e. The van der Waals surface area contributed by atoms with Crippen LogP contribution in [0.1, 0.15) is 46.7 Å². The first-order chi connectivity index (χ1) is 11.9. The molecule has 0 saturated heterocycles. The minimum absolute atomic E-state index is 0.0741. The Hall–Kier alpha value is -2.60. The maximum Gasteiger partial charge on any atom is 0.291 e. The van der Waals surface area contributed by atoms with Gasteiger partial charge in [0.05, 0.1) is 6.26 Å². The molecule has 0 radical (unpaired) electrons. The Balaban J connectivity index is 2.12. The van der Waals surface area contributed by atoms with E-state index in [1.54, 1.807) is 30.3 Å². The summed E-state index contributed by atoms with van der Waals surface area (Å²) in [7, 11) is 0. The second-order valence-corrected chi connectivity index (χ2v) is 6.50. The van der Waals surface area contributed by atoms with Gasteiger partial charge in [-0.3, -0.25) is 9.59 Å². The third-order valence-electron chi connectivity index (χ3n) is 3.87. The molecule has 1 aromatic heterocycles. The molecule has 0 bridgehead atoms. The maximum absolute atomic E-state index is 12.5. The SMILES string of the molecule is Cc1ccc(C(=O)NC(CN)CC(C)C)cc1NC(=O)c1ccco1. The zero-order valence-corrected chi connectivity index (χ0v) is 14.8. The normalized spacial score (nSPS) is 12.0. The highest BCUT2D eigenvalue weighted by molar-refractivity contribution is 6.03. The van der Waals surface area contributed by atoms with Gasteiger partial charge in [-0.15, -0.1) is 0 Å². The average Bonchev–Trinajstić information content (AvgIpc) is 3.10. The molecule has 134 valence electrons. The molecule has 0 saturated carbocycles. The van der Waals surface area contributed by atoms with E-state index in [0.717, 1.165) is 12.0 Å². The number of anilines is 1. The van der Waals surface area contributed by atoms with Gasteiger partial charge >= 0.3 is 0 Å². The van der Waals surface area contributed by atoms with Crippen LogP contribution < -0.4 is 16.4 Å². The zero-order chi connectivity index (χ0) is 18.4. The van der Waals surface area contributed by atoms with Crippen molar-refractivity contribution in [3.8, 4) is 0 Å². The van der Waals surface area contributed by atoms with Crippen LogP contribution in [0, 0.1) is 12.8 Å². The van der Waals surface area contributed by atoms with E-state index in [1.165, 1.54) is 6.26 Å². The van der Waals surface area contributed by atoms with E-state index in [-0.39, 0.29) is 23.6 Å². The highest BCUT2D eigenvalue weighted by Gasteiger charge is 2.16. The molecular formula is C19H25N3O3. The lowest BCUT2D eigenvalue weighted by molar-refractivity contribution is 0.0932. The Kier molecular flexibility index (Phi) is 6.36. The molecule has 0 aliphatic carbocycles. The monoisotopic (exact) mass is 343 g/mol. The fourth-order valence-corrected chi connectivity index (χ4v) is 2.54. The van der Waals surface area contributed by atoms with Gasteiger partial charge in [0.15, 0.2) is 5.76 Å². The number of furan rings is 1. The summed E-state index contributed by atoms with van der Waals surface area (Å²) in [6.07, 6.45) is 2.25. The van der Waals surface area contributed by atoms with Gasteiger partial charge in [0, 0.05) is 23.8 Å². The van der Waals surface area contributed by atoms with E-state index in [4.69, 9.17) is 10.2 Å². The van der Waals surface area contributed by atoms with Crippen LogP contribution in [0.5, 0.6) is 0 Å². The number of benzene rings is 1. The quantitative estimate of drug-likeness (QED) is 0.720. The summed E-state index contributed by atoms with van der Waals surface area (Å²) in [5, 5.41) is 5.72. The van der Waals surface area contributed by atoms with Crippen LogP contribution in [-0.2, 0) is 0 Å². The Morgan fingerprint density at radius 1 is 1.20 bits per heavy atom. The van der Waals surface area contributed by atoms with Crippen molar-refractivity contribution in [2.75, 3.05) is 11.9 Å². The summed E-state index contributed by atoms with van der Waals surface area (Å²) in [5.74, 6) is 0.0966. The van der Waals surface area contributed by atoms with Gasteiger partial charge in [-0.05, 0) is 49.1 Å². The van der Waals surface area contributed by atoms with Gasteiger partial charge in [0.2, 0.25) is 0 Å². The van der Waals surface area contributed by atoms with Crippen LogP contribution in [0.3, 0.4) is 0 Å². The Bertz CT molecular complexity index is 724. The first-order valence-corrected chi connectivity index (χ1v) is 8.37. The topological polar surface area (TPSA) is 97.4 Å². The predicted molar refractivity (Wildman–Crippen MR) is 97.6 cm³/mol. The summed E-state index contributed by atoms with van der Waals surface area (Å²) >= 11 is 0. The number of hydrogen-bond donors (Lipinski definition) is 3. The fourth-order valence-electron chi connectivity index (χ4n) is 2.54. The van der Waals surface area contributed by atoms with Gasteiger partial charge in [0.1, 0.15) is 0 Å². The van der Waals surface area contributed by atoms with Crippen molar-refractivity contribution in [2.24, 2.45) is 11.7 Å². The van der Waals surface area contributed by atoms with Crippen LogP contribution in [0.15, 0.2) is 41.0 Å². The smallest absolute Gasteiger partial charge is 0.291 e. The number of nitrogens with one attached hydrogen (secondary N) is 2. The molecule has 6 nitrogen and oxygen atoms in total. The molecule has 6 heteroatoms. The summed E-state index contributed by atoms with van der Waals surface area (Å²) in [6, 6.07) is 8.35. The number of nitrogens with two attached hydrogens (primary N) is 1. The van der Waals surface area contributed by atoms with Crippen LogP contribution >= 0.6 is 0 Å². The van der Waals surface area contributed by atoms with Gasteiger partial charge in [0.25, 0.3) is 11.8 Å². The zero-order valence-electron chi connectivity index (χ0n) is 14.8. The number of amides is 2. The molecule has 1 aromatic carbocycles. The third-order valence-corrected chi connectivity index (χ3v) is 3.87. The standard InChI is InChI=1S/C19H25N3O3/c1-12(2)9-15(11-20)21-18(23)14-7-6-13(3)16(10-14)22-19(24)17-5-4-8-25-17/h4-8,10,12,15H,9,11,20H2,1-3H3,(H,21,23)(H,22,24). The average molecular weight is 343 g/mol. The van der Waals surface area contributed by atoms with Gasteiger partial charge in [-0.2, -0.15) is 0 Å². The summed E-state index contributed by atoms with van der Waals surface area (Å²) < 4.78 is 5.08. The number of hydrogen-bond acceptors (Lipinski definition) is 4. The molecule has 2 rings (SSSR count). The van der Waals surface area contributed by atoms with E-state index in [2.05, 4.69) is 24.5 Å². The van der Waals surface area contributed by atoms with Crippen molar-refractivity contribution in [2.45, 2.75) is 33.2 Å². The number of rotatable bonds is 7. The number of aryl methyl sites for hydroxylation is 1.